The number of halogens is 1. The van der Waals surface area contributed by atoms with E-state index in [0.29, 0.717) is 12.0 Å². The standard InChI is InChI=1S/C23H29ClN4O/c1-16-4-7-19(14-21(16)24)28-22(17-5-6-17)20(15-25-28)23(29)27-12-8-18(9-13-27)26-10-2-3-11-26/h4,7,14-15,17-18H,2-3,5-6,8-13H2,1H3. The van der Waals surface area contributed by atoms with Gasteiger partial charge in [0.2, 0.25) is 0 Å². The van der Waals surface area contributed by atoms with E-state index < -0.39 is 0 Å². The predicted octanol–water partition coefficient (Wildman–Crippen LogP) is 4.41. The van der Waals surface area contributed by atoms with Crippen molar-refractivity contribution < 1.29 is 4.79 Å². The molecule has 2 saturated heterocycles. The molecule has 0 atom stereocenters. The highest BCUT2D eigenvalue weighted by Gasteiger charge is 2.35. The number of nitrogens with zero attached hydrogens (tertiary/aromatic N) is 4. The van der Waals surface area contributed by atoms with Gasteiger partial charge in [-0.25, -0.2) is 4.68 Å². The lowest BCUT2D eigenvalue weighted by atomic mass is 10.0. The lowest BCUT2D eigenvalue weighted by Crippen LogP contribution is -2.46. The molecule has 2 aromatic rings. The second kappa shape index (κ2) is 7.77. The number of hydrogen-bond acceptors (Lipinski definition) is 3. The minimum atomic E-state index is 0.149. The molecule has 154 valence electrons. The lowest BCUT2D eigenvalue weighted by Gasteiger charge is -2.36. The molecule has 0 unspecified atom stereocenters. The minimum absolute atomic E-state index is 0.149. The summed E-state index contributed by atoms with van der Waals surface area (Å²) in [4.78, 5) is 18.0. The smallest absolute Gasteiger partial charge is 0.257 e. The molecule has 1 aromatic carbocycles. The minimum Gasteiger partial charge on any atom is -0.338 e. The van der Waals surface area contributed by atoms with Crippen molar-refractivity contribution in [1.82, 2.24) is 19.6 Å². The largest absolute Gasteiger partial charge is 0.338 e. The van der Waals surface area contributed by atoms with Crippen LogP contribution in [0.5, 0.6) is 0 Å². The van der Waals surface area contributed by atoms with Crippen LogP contribution in [0.15, 0.2) is 24.4 Å². The molecule has 0 spiro atoms. The zero-order valence-corrected chi connectivity index (χ0v) is 17.9. The number of amides is 1. The van der Waals surface area contributed by atoms with Crippen LogP contribution in [0.3, 0.4) is 0 Å². The van der Waals surface area contributed by atoms with Crippen LogP contribution < -0.4 is 0 Å². The highest BCUT2D eigenvalue weighted by atomic mass is 35.5. The van der Waals surface area contributed by atoms with E-state index >= 15 is 0 Å². The summed E-state index contributed by atoms with van der Waals surface area (Å²) in [5.41, 5.74) is 3.84. The predicted molar refractivity (Wildman–Crippen MR) is 115 cm³/mol. The molecule has 0 radical (unpaired) electrons. The van der Waals surface area contributed by atoms with Crippen LogP contribution >= 0.6 is 11.6 Å². The van der Waals surface area contributed by atoms with Crippen molar-refractivity contribution in [3.8, 4) is 5.69 Å². The molecule has 0 bridgehead atoms. The van der Waals surface area contributed by atoms with Crippen molar-refractivity contribution >= 4 is 17.5 Å². The Morgan fingerprint density at radius 2 is 1.79 bits per heavy atom. The molecule has 1 amide bonds. The summed E-state index contributed by atoms with van der Waals surface area (Å²) in [7, 11) is 0. The van der Waals surface area contributed by atoms with Gasteiger partial charge in [-0.05, 0) is 76.2 Å². The van der Waals surface area contributed by atoms with E-state index in [9.17, 15) is 4.79 Å². The van der Waals surface area contributed by atoms with E-state index in [1.807, 2.05) is 34.7 Å². The van der Waals surface area contributed by atoms with Crippen LogP contribution in [0.25, 0.3) is 5.69 Å². The summed E-state index contributed by atoms with van der Waals surface area (Å²) < 4.78 is 1.94. The molecule has 1 saturated carbocycles. The monoisotopic (exact) mass is 412 g/mol. The molecular weight excluding hydrogens is 384 g/mol. The SMILES string of the molecule is Cc1ccc(-n2ncc(C(=O)N3CCC(N4CCCC4)CC3)c2C2CC2)cc1Cl. The maximum Gasteiger partial charge on any atom is 0.257 e. The topological polar surface area (TPSA) is 41.4 Å². The van der Waals surface area contributed by atoms with Crippen LogP contribution in [0.1, 0.15) is 66.1 Å². The number of aryl methyl sites for hydroxylation is 1. The zero-order chi connectivity index (χ0) is 20.0. The Balaban J connectivity index is 1.36. The summed E-state index contributed by atoms with van der Waals surface area (Å²) in [6.45, 7) is 6.17. The van der Waals surface area contributed by atoms with Gasteiger partial charge in [-0.3, -0.25) is 4.79 Å². The number of aromatic nitrogens is 2. The van der Waals surface area contributed by atoms with Crippen molar-refractivity contribution in [1.29, 1.82) is 0 Å². The molecule has 0 N–H and O–H groups in total. The summed E-state index contributed by atoms with van der Waals surface area (Å²) in [5.74, 6) is 0.579. The first-order valence-electron chi connectivity index (χ1n) is 11.0. The average Bonchev–Trinajstić information content (AvgIpc) is 3.25. The number of rotatable bonds is 4. The van der Waals surface area contributed by atoms with Crippen molar-refractivity contribution in [2.24, 2.45) is 0 Å². The maximum absolute atomic E-state index is 13.4. The fourth-order valence-electron chi connectivity index (χ4n) is 4.90. The third-order valence-corrected chi connectivity index (χ3v) is 7.22. The second-order valence-electron chi connectivity index (χ2n) is 8.83. The van der Waals surface area contributed by atoms with E-state index in [4.69, 9.17) is 11.6 Å². The summed E-state index contributed by atoms with van der Waals surface area (Å²) in [6.07, 6.45) is 8.86. The van der Waals surface area contributed by atoms with E-state index in [1.54, 1.807) is 6.20 Å². The Morgan fingerprint density at radius 3 is 2.45 bits per heavy atom. The first-order chi connectivity index (χ1) is 14.1. The number of carbonyl (C=O) groups is 1. The van der Waals surface area contributed by atoms with Crippen molar-refractivity contribution in [2.45, 2.75) is 57.4 Å². The Labute approximate surface area is 177 Å². The van der Waals surface area contributed by atoms with Crippen LogP contribution in [0.2, 0.25) is 5.02 Å². The number of likely N-dealkylation sites (tertiary alicyclic amines) is 2. The molecule has 1 aromatic heterocycles. The van der Waals surface area contributed by atoms with Gasteiger partial charge in [0.1, 0.15) is 0 Å². The molecule has 3 fully saturated rings. The number of carbonyl (C=O) groups excluding carboxylic acids is 1. The van der Waals surface area contributed by atoms with Gasteiger partial charge < -0.3 is 9.80 Å². The summed E-state index contributed by atoms with van der Waals surface area (Å²) in [6, 6.07) is 6.66. The van der Waals surface area contributed by atoms with Gasteiger partial charge in [0.25, 0.3) is 5.91 Å². The summed E-state index contributed by atoms with van der Waals surface area (Å²) >= 11 is 6.35. The first kappa shape index (κ1) is 19.1. The molecule has 29 heavy (non-hydrogen) atoms. The third kappa shape index (κ3) is 3.71. The molecule has 5 rings (SSSR count). The van der Waals surface area contributed by atoms with E-state index in [0.717, 1.165) is 66.3 Å². The van der Waals surface area contributed by atoms with Crippen molar-refractivity contribution in [2.75, 3.05) is 26.2 Å². The molecule has 3 aliphatic rings. The Morgan fingerprint density at radius 1 is 1.07 bits per heavy atom. The maximum atomic E-state index is 13.4. The van der Waals surface area contributed by atoms with Crippen LogP contribution in [0, 0.1) is 6.92 Å². The fourth-order valence-corrected chi connectivity index (χ4v) is 5.08. The average molecular weight is 413 g/mol. The van der Waals surface area contributed by atoms with Gasteiger partial charge in [-0.15, -0.1) is 0 Å². The number of benzene rings is 1. The normalized spacial score (nSPS) is 21.1. The quantitative estimate of drug-likeness (QED) is 0.746. The van der Waals surface area contributed by atoms with Crippen LogP contribution in [-0.4, -0.2) is 57.7 Å². The van der Waals surface area contributed by atoms with Gasteiger partial charge in [0.15, 0.2) is 0 Å². The second-order valence-corrected chi connectivity index (χ2v) is 9.24. The third-order valence-electron chi connectivity index (χ3n) is 6.81. The highest BCUT2D eigenvalue weighted by Crippen LogP contribution is 2.43. The molecule has 1 aliphatic carbocycles. The molecule has 6 heteroatoms. The van der Waals surface area contributed by atoms with Crippen LogP contribution in [0.4, 0.5) is 0 Å². The van der Waals surface area contributed by atoms with E-state index in [-0.39, 0.29) is 5.91 Å². The summed E-state index contributed by atoms with van der Waals surface area (Å²) in [5, 5.41) is 5.35. The Kier molecular flexibility index (Phi) is 5.12. The van der Waals surface area contributed by atoms with Gasteiger partial charge in [0.05, 0.1) is 23.1 Å². The van der Waals surface area contributed by atoms with Crippen LogP contribution in [-0.2, 0) is 0 Å². The van der Waals surface area contributed by atoms with Gasteiger partial charge >= 0.3 is 0 Å². The van der Waals surface area contributed by atoms with E-state index in [2.05, 4.69) is 10.00 Å². The first-order valence-corrected chi connectivity index (χ1v) is 11.4. The van der Waals surface area contributed by atoms with Gasteiger partial charge in [-0.1, -0.05) is 17.7 Å². The van der Waals surface area contributed by atoms with Crippen molar-refractivity contribution in [3.63, 3.8) is 0 Å². The Hall–Kier alpha value is -1.85. The molecular formula is C23H29ClN4O. The molecule has 5 nitrogen and oxygen atoms in total. The zero-order valence-electron chi connectivity index (χ0n) is 17.1. The molecule has 3 heterocycles. The molecule has 2 aliphatic heterocycles. The van der Waals surface area contributed by atoms with Gasteiger partial charge in [-0.2, -0.15) is 5.10 Å². The highest BCUT2D eigenvalue weighted by molar-refractivity contribution is 6.31. The number of piperidine rings is 1. The van der Waals surface area contributed by atoms with E-state index in [1.165, 1.54) is 25.9 Å². The lowest BCUT2D eigenvalue weighted by molar-refractivity contribution is 0.0643. The van der Waals surface area contributed by atoms with Crippen molar-refractivity contribution in [3.05, 3.63) is 46.2 Å². The van der Waals surface area contributed by atoms with Gasteiger partial charge in [0, 0.05) is 30.1 Å². The number of hydrogen-bond donors (Lipinski definition) is 0. The fraction of sp³-hybridized carbons (Fsp3) is 0.565. The Bertz CT molecular complexity index is 906.